The molecule has 0 aliphatic rings. The molecule has 0 heterocycles. The quantitative estimate of drug-likeness (QED) is 0.393. The zero-order chi connectivity index (χ0) is 17.9. The molecule has 1 N–H and O–H groups in total. The summed E-state index contributed by atoms with van der Waals surface area (Å²) in [7, 11) is -4.96. The van der Waals surface area contributed by atoms with Gasteiger partial charge in [0.25, 0.3) is 10.1 Å². The average molecular weight is 362 g/mol. The van der Waals surface area contributed by atoms with Crippen molar-refractivity contribution in [2.24, 2.45) is 0 Å². The lowest BCUT2D eigenvalue weighted by Crippen LogP contribution is -2.10. The van der Waals surface area contributed by atoms with Gasteiger partial charge in [-0.25, -0.2) is 8.78 Å². The van der Waals surface area contributed by atoms with Crippen LogP contribution >= 0.6 is 0 Å². The summed E-state index contributed by atoms with van der Waals surface area (Å²) in [4.78, 5) is -0.833. The van der Waals surface area contributed by atoms with E-state index in [1.165, 1.54) is 0 Å². The van der Waals surface area contributed by atoms with Gasteiger partial charge in [-0.2, -0.15) is 21.6 Å². The molecule has 0 spiro atoms. The topological polar surface area (TPSA) is 54.4 Å². The van der Waals surface area contributed by atoms with Crippen molar-refractivity contribution in [3.05, 3.63) is 53.6 Å². The van der Waals surface area contributed by atoms with Crippen LogP contribution in [0.15, 0.2) is 41.3 Å². The molecular formula is C15H7F5O3S. The molecule has 0 bridgehead atoms. The van der Waals surface area contributed by atoms with Crippen LogP contribution in [-0.2, 0) is 16.3 Å². The van der Waals surface area contributed by atoms with E-state index in [1.54, 1.807) is 0 Å². The maximum absolute atomic E-state index is 13.5. The van der Waals surface area contributed by atoms with E-state index in [-0.39, 0.29) is 0 Å². The first kappa shape index (κ1) is 16.6. The Morgan fingerprint density at radius 3 is 1.54 bits per heavy atom. The van der Waals surface area contributed by atoms with Crippen molar-refractivity contribution in [3.63, 3.8) is 0 Å². The first-order valence-corrected chi connectivity index (χ1v) is 7.83. The fraction of sp³-hybridized carbons (Fsp3) is 0.0667. The fourth-order valence-corrected chi connectivity index (χ4v) is 3.63. The third-order valence-electron chi connectivity index (χ3n) is 3.53. The Hall–Kier alpha value is -2.26. The van der Waals surface area contributed by atoms with E-state index >= 15 is 0 Å². The normalized spacial score (nSPS) is 12.9. The van der Waals surface area contributed by atoms with Gasteiger partial charge in [0.15, 0.2) is 0 Å². The molecule has 0 fully saturated rings. The van der Waals surface area contributed by atoms with Gasteiger partial charge in [-0.15, -0.1) is 0 Å². The van der Waals surface area contributed by atoms with E-state index in [4.69, 9.17) is 0 Å². The zero-order valence-electron chi connectivity index (χ0n) is 11.5. The highest BCUT2D eigenvalue weighted by molar-refractivity contribution is 7.86. The molecule has 0 saturated heterocycles. The number of hydrogen-bond acceptors (Lipinski definition) is 2. The van der Waals surface area contributed by atoms with Crippen molar-refractivity contribution >= 4 is 31.7 Å². The highest BCUT2D eigenvalue weighted by Crippen LogP contribution is 2.43. The number of benzene rings is 3. The first-order chi connectivity index (χ1) is 11.0. The van der Waals surface area contributed by atoms with Crippen LogP contribution < -0.4 is 0 Å². The third-order valence-corrected chi connectivity index (χ3v) is 4.49. The molecule has 3 rings (SSSR count). The lowest BCUT2D eigenvalue weighted by Gasteiger charge is -2.17. The molecule has 0 amide bonds. The predicted octanol–water partition coefficient (Wildman–Crippen LogP) is 4.54. The van der Waals surface area contributed by atoms with E-state index < -0.39 is 59.9 Å². The number of alkyl halides is 3. The lowest BCUT2D eigenvalue weighted by atomic mass is 9.96. The van der Waals surface area contributed by atoms with Crippen LogP contribution in [0.4, 0.5) is 22.0 Å². The lowest BCUT2D eigenvalue weighted by molar-refractivity contribution is -0.135. The molecule has 9 heteroatoms. The van der Waals surface area contributed by atoms with E-state index in [9.17, 15) is 34.9 Å². The zero-order valence-corrected chi connectivity index (χ0v) is 12.3. The molecule has 0 saturated carbocycles. The van der Waals surface area contributed by atoms with E-state index in [2.05, 4.69) is 0 Å². The molecule has 0 aromatic heterocycles. The monoisotopic (exact) mass is 362 g/mol. The minimum Gasteiger partial charge on any atom is -0.282 e. The molecule has 0 aliphatic heterocycles. The van der Waals surface area contributed by atoms with Gasteiger partial charge in [0.1, 0.15) is 16.5 Å². The molecule has 126 valence electrons. The predicted molar refractivity (Wildman–Crippen MR) is 76.2 cm³/mol. The van der Waals surface area contributed by atoms with Crippen LogP contribution in [0.5, 0.6) is 0 Å². The van der Waals surface area contributed by atoms with Crippen LogP contribution in [0.2, 0.25) is 0 Å². The highest BCUT2D eigenvalue weighted by Gasteiger charge is 2.37. The van der Waals surface area contributed by atoms with E-state index in [0.29, 0.717) is 12.1 Å². The molecule has 0 atom stereocenters. The summed E-state index contributed by atoms with van der Waals surface area (Å²) in [5.41, 5.74) is -1.38. The minimum absolute atomic E-state index is 0.497. The summed E-state index contributed by atoms with van der Waals surface area (Å²) in [6.07, 6.45) is -5.00. The van der Waals surface area contributed by atoms with Crippen molar-refractivity contribution in [1.29, 1.82) is 0 Å². The smallest absolute Gasteiger partial charge is 0.282 e. The standard InChI is InChI=1S/C15H7F5O3S/c16-7-1-3-9-11(5-7)13(15(18,19)20)12-6-8(17)2-4-10(12)14(9)24(21,22)23/h1-6H,(H,21,22,23). The van der Waals surface area contributed by atoms with Gasteiger partial charge in [0, 0.05) is 10.8 Å². The number of hydrogen-bond donors (Lipinski definition) is 1. The van der Waals surface area contributed by atoms with Crippen molar-refractivity contribution in [1.82, 2.24) is 0 Å². The molecule has 0 aliphatic carbocycles. The van der Waals surface area contributed by atoms with Crippen LogP contribution in [0.1, 0.15) is 5.56 Å². The molecule has 3 aromatic carbocycles. The summed E-state index contributed by atoms with van der Waals surface area (Å²) in [6, 6.07) is 4.19. The van der Waals surface area contributed by atoms with Crippen LogP contribution in [0.25, 0.3) is 21.5 Å². The Bertz CT molecular complexity index is 1020. The first-order valence-electron chi connectivity index (χ1n) is 6.39. The minimum atomic E-state index is -5.00. The number of fused-ring (bicyclic) bond motifs is 2. The molecular weight excluding hydrogens is 355 g/mol. The van der Waals surface area contributed by atoms with Crippen LogP contribution in [0, 0.1) is 11.6 Å². The van der Waals surface area contributed by atoms with Gasteiger partial charge in [-0.3, -0.25) is 4.55 Å². The summed E-state index contributed by atoms with van der Waals surface area (Å²) < 4.78 is 100. The molecule has 0 radical (unpaired) electrons. The Morgan fingerprint density at radius 1 is 0.792 bits per heavy atom. The maximum Gasteiger partial charge on any atom is 0.417 e. The van der Waals surface area contributed by atoms with E-state index in [1.807, 2.05) is 0 Å². The second-order valence-corrected chi connectivity index (χ2v) is 6.42. The van der Waals surface area contributed by atoms with Gasteiger partial charge in [0.2, 0.25) is 0 Å². The van der Waals surface area contributed by atoms with Gasteiger partial charge in [0.05, 0.1) is 5.56 Å². The molecule has 0 unspecified atom stereocenters. The SMILES string of the molecule is O=S(=O)(O)c1c2ccc(F)cc2c(C(F)(F)F)c2cc(F)ccc12. The van der Waals surface area contributed by atoms with Crippen LogP contribution in [0.3, 0.4) is 0 Å². The summed E-state index contributed by atoms with van der Waals surface area (Å²) >= 11 is 0. The second-order valence-electron chi connectivity index (χ2n) is 5.06. The average Bonchev–Trinajstić information content (AvgIpc) is 2.41. The van der Waals surface area contributed by atoms with Gasteiger partial charge >= 0.3 is 6.18 Å². The Balaban J connectivity index is 2.76. The summed E-state index contributed by atoms with van der Waals surface area (Å²) in [5.74, 6) is -2.07. The van der Waals surface area contributed by atoms with Crippen molar-refractivity contribution in [2.75, 3.05) is 0 Å². The van der Waals surface area contributed by atoms with Crippen molar-refractivity contribution in [3.8, 4) is 0 Å². The Labute approximate surface area is 132 Å². The maximum atomic E-state index is 13.5. The highest BCUT2D eigenvalue weighted by atomic mass is 32.2. The second kappa shape index (κ2) is 5.12. The van der Waals surface area contributed by atoms with E-state index in [0.717, 1.165) is 24.3 Å². The van der Waals surface area contributed by atoms with Gasteiger partial charge in [-0.05, 0) is 35.0 Å². The summed E-state index contributed by atoms with van der Waals surface area (Å²) in [5, 5.41) is -2.59. The molecule has 3 nitrogen and oxygen atoms in total. The number of rotatable bonds is 1. The molecule has 3 aromatic rings. The van der Waals surface area contributed by atoms with Gasteiger partial charge in [-0.1, -0.05) is 12.1 Å². The van der Waals surface area contributed by atoms with Crippen molar-refractivity contribution in [2.45, 2.75) is 11.1 Å². The summed E-state index contributed by atoms with van der Waals surface area (Å²) in [6.45, 7) is 0. The van der Waals surface area contributed by atoms with Crippen LogP contribution in [-0.4, -0.2) is 13.0 Å². The van der Waals surface area contributed by atoms with Gasteiger partial charge < -0.3 is 0 Å². The Morgan fingerprint density at radius 2 is 1.21 bits per heavy atom. The molecule has 24 heavy (non-hydrogen) atoms. The fourth-order valence-electron chi connectivity index (χ4n) is 2.72. The number of halogens is 5. The van der Waals surface area contributed by atoms with Crippen molar-refractivity contribution < 1.29 is 34.9 Å². The largest absolute Gasteiger partial charge is 0.417 e. The Kier molecular flexibility index (Phi) is 3.54. The third kappa shape index (κ3) is 2.59.